The Balaban J connectivity index is 1.65. The highest BCUT2D eigenvalue weighted by atomic mass is 16.2. The summed E-state index contributed by atoms with van der Waals surface area (Å²) in [6, 6.07) is 6.98. The monoisotopic (exact) mass is 339 g/mol. The Morgan fingerprint density at radius 1 is 1.28 bits per heavy atom. The second-order valence-electron chi connectivity index (χ2n) is 6.10. The highest BCUT2D eigenvalue weighted by Gasteiger charge is 2.21. The number of amides is 2. The van der Waals surface area contributed by atoms with Gasteiger partial charge in [-0.3, -0.25) is 14.3 Å². The minimum atomic E-state index is -0.297. The molecule has 130 valence electrons. The summed E-state index contributed by atoms with van der Waals surface area (Å²) in [5, 5.41) is 8.32. The topological polar surface area (TPSA) is 79.6 Å². The van der Waals surface area contributed by atoms with E-state index < -0.39 is 0 Å². The predicted molar refractivity (Wildman–Crippen MR) is 95.8 cm³/mol. The Bertz CT molecular complexity index is 836. The molecule has 1 N–H and O–H groups in total. The summed E-state index contributed by atoms with van der Waals surface area (Å²) in [7, 11) is 1.87. The van der Waals surface area contributed by atoms with Crippen LogP contribution in [0.4, 0.5) is 5.69 Å². The van der Waals surface area contributed by atoms with E-state index in [4.69, 9.17) is 0 Å². The average Bonchev–Trinajstić information content (AvgIpc) is 3.13. The molecule has 0 bridgehead atoms. The Kier molecular flexibility index (Phi) is 4.65. The van der Waals surface area contributed by atoms with Crippen molar-refractivity contribution in [3.8, 4) is 0 Å². The second kappa shape index (κ2) is 6.88. The van der Waals surface area contributed by atoms with Gasteiger partial charge in [0.1, 0.15) is 0 Å². The van der Waals surface area contributed by atoms with Crippen LogP contribution in [0.1, 0.15) is 40.2 Å². The number of hydrogen-bond donors (Lipinski definition) is 1. The molecule has 1 fully saturated rings. The number of hydrazone groups is 1. The molecular weight excluding hydrogens is 318 g/mol. The van der Waals surface area contributed by atoms with E-state index in [1.807, 2.05) is 20.9 Å². The minimum Gasteiger partial charge on any atom is -0.312 e. The van der Waals surface area contributed by atoms with Gasteiger partial charge in [-0.25, -0.2) is 5.43 Å². The number of aryl methyl sites for hydroxylation is 2. The fourth-order valence-corrected chi connectivity index (χ4v) is 2.91. The lowest BCUT2D eigenvalue weighted by Gasteiger charge is -2.15. The first-order valence-corrected chi connectivity index (χ1v) is 8.21. The molecule has 1 saturated heterocycles. The molecule has 2 aromatic rings. The van der Waals surface area contributed by atoms with Gasteiger partial charge in [-0.15, -0.1) is 0 Å². The van der Waals surface area contributed by atoms with Crippen molar-refractivity contribution in [2.24, 2.45) is 12.1 Å². The molecule has 1 aromatic carbocycles. The average molecular weight is 339 g/mol. The number of nitrogens with one attached hydrogen (secondary N) is 1. The van der Waals surface area contributed by atoms with E-state index in [9.17, 15) is 9.59 Å². The van der Waals surface area contributed by atoms with Crippen molar-refractivity contribution in [1.82, 2.24) is 15.2 Å². The molecule has 3 rings (SSSR count). The van der Waals surface area contributed by atoms with E-state index in [2.05, 4.69) is 15.6 Å². The maximum atomic E-state index is 12.2. The van der Waals surface area contributed by atoms with Crippen molar-refractivity contribution in [2.45, 2.75) is 26.7 Å². The van der Waals surface area contributed by atoms with Crippen molar-refractivity contribution in [3.63, 3.8) is 0 Å². The van der Waals surface area contributed by atoms with E-state index in [1.54, 1.807) is 40.1 Å². The summed E-state index contributed by atoms with van der Waals surface area (Å²) in [6.45, 7) is 4.58. The van der Waals surface area contributed by atoms with Gasteiger partial charge in [0, 0.05) is 42.5 Å². The van der Waals surface area contributed by atoms with E-state index in [0.29, 0.717) is 12.0 Å². The maximum Gasteiger partial charge on any atom is 0.271 e. The quantitative estimate of drug-likeness (QED) is 0.683. The molecule has 1 aliphatic heterocycles. The fourth-order valence-electron chi connectivity index (χ4n) is 2.91. The van der Waals surface area contributed by atoms with Gasteiger partial charge in [-0.05, 0) is 44.5 Å². The highest BCUT2D eigenvalue weighted by molar-refractivity contribution is 5.98. The van der Waals surface area contributed by atoms with Gasteiger partial charge in [-0.1, -0.05) is 0 Å². The van der Waals surface area contributed by atoms with Gasteiger partial charge >= 0.3 is 0 Å². The van der Waals surface area contributed by atoms with Crippen LogP contribution < -0.4 is 10.3 Å². The van der Waals surface area contributed by atoms with E-state index in [-0.39, 0.29) is 11.8 Å². The lowest BCUT2D eigenvalue weighted by atomic mass is 10.2. The predicted octanol–water partition coefficient (Wildman–Crippen LogP) is 1.93. The van der Waals surface area contributed by atoms with Crippen molar-refractivity contribution >= 4 is 23.7 Å². The molecule has 0 unspecified atom stereocenters. The van der Waals surface area contributed by atoms with Crippen molar-refractivity contribution < 1.29 is 9.59 Å². The minimum absolute atomic E-state index is 0.129. The van der Waals surface area contributed by atoms with E-state index in [0.717, 1.165) is 35.6 Å². The van der Waals surface area contributed by atoms with Crippen molar-refractivity contribution in [3.05, 3.63) is 46.8 Å². The van der Waals surface area contributed by atoms with Crippen molar-refractivity contribution in [1.29, 1.82) is 0 Å². The first-order valence-electron chi connectivity index (χ1n) is 8.21. The number of benzene rings is 1. The van der Waals surface area contributed by atoms with Crippen molar-refractivity contribution in [2.75, 3.05) is 11.4 Å². The Morgan fingerprint density at radius 2 is 2.00 bits per heavy atom. The maximum absolute atomic E-state index is 12.2. The van der Waals surface area contributed by atoms with Crippen LogP contribution in [0.5, 0.6) is 0 Å². The van der Waals surface area contributed by atoms with Crippen LogP contribution in [-0.4, -0.2) is 34.4 Å². The second-order valence-corrected chi connectivity index (χ2v) is 6.10. The molecule has 7 heteroatoms. The van der Waals surface area contributed by atoms with Crippen LogP contribution in [0.2, 0.25) is 0 Å². The summed E-state index contributed by atoms with van der Waals surface area (Å²) in [5.74, 6) is -0.168. The molecule has 25 heavy (non-hydrogen) atoms. The molecule has 0 atom stereocenters. The Labute approximate surface area is 146 Å². The molecule has 0 aliphatic carbocycles. The molecule has 0 saturated carbocycles. The van der Waals surface area contributed by atoms with Crippen LogP contribution in [0.15, 0.2) is 29.4 Å². The summed E-state index contributed by atoms with van der Waals surface area (Å²) in [5.41, 5.74) is 6.57. The van der Waals surface area contributed by atoms with Gasteiger partial charge in [0.15, 0.2) is 0 Å². The van der Waals surface area contributed by atoms with E-state index in [1.165, 1.54) is 0 Å². The zero-order valence-corrected chi connectivity index (χ0v) is 14.6. The number of carbonyl (C=O) groups excluding carboxylic acids is 2. The number of rotatable bonds is 4. The molecule has 0 radical (unpaired) electrons. The smallest absolute Gasteiger partial charge is 0.271 e. The highest BCUT2D eigenvalue weighted by Crippen LogP contribution is 2.21. The van der Waals surface area contributed by atoms with E-state index >= 15 is 0 Å². The molecule has 0 spiro atoms. The number of carbonyl (C=O) groups is 2. The lowest BCUT2D eigenvalue weighted by molar-refractivity contribution is -0.117. The zero-order chi connectivity index (χ0) is 18.0. The molecular formula is C18H21N5O2. The van der Waals surface area contributed by atoms with Gasteiger partial charge < -0.3 is 4.90 Å². The molecule has 1 aliphatic rings. The summed E-state index contributed by atoms with van der Waals surface area (Å²) in [6.07, 6.45) is 3.07. The van der Waals surface area contributed by atoms with Crippen LogP contribution >= 0.6 is 0 Å². The van der Waals surface area contributed by atoms with Crippen LogP contribution in [0.25, 0.3) is 0 Å². The van der Waals surface area contributed by atoms with Crippen LogP contribution in [0.3, 0.4) is 0 Å². The van der Waals surface area contributed by atoms with Gasteiger partial charge in [-0.2, -0.15) is 10.2 Å². The summed E-state index contributed by atoms with van der Waals surface area (Å²) >= 11 is 0. The standard InChI is InChI=1S/C18H21N5O2/c1-12-16(13(2)22(3)21-12)11-19-20-18(25)14-6-8-15(9-7-14)23-10-4-5-17(23)24/h6-9,11H,4-5,10H2,1-3H3,(H,20,25)/b19-11-. The third-order valence-corrected chi connectivity index (χ3v) is 4.44. The SMILES string of the molecule is Cc1nn(C)c(C)c1/C=N\NC(=O)c1ccc(N2CCCC2=O)cc1. The zero-order valence-electron chi connectivity index (χ0n) is 14.6. The summed E-state index contributed by atoms with van der Waals surface area (Å²) < 4.78 is 1.77. The Morgan fingerprint density at radius 3 is 2.56 bits per heavy atom. The van der Waals surface area contributed by atoms with Crippen LogP contribution in [-0.2, 0) is 11.8 Å². The van der Waals surface area contributed by atoms with Crippen LogP contribution in [0, 0.1) is 13.8 Å². The largest absolute Gasteiger partial charge is 0.312 e. The number of anilines is 1. The first-order chi connectivity index (χ1) is 12.0. The number of hydrogen-bond acceptors (Lipinski definition) is 4. The Hall–Kier alpha value is -2.96. The summed E-state index contributed by atoms with van der Waals surface area (Å²) in [4.78, 5) is 25.7. The molecule has 7 nitrogen and oxygen atoms in total. The fraction of sp³-hybridized carbons (Fsp3) is 0.333. The third-order valence-electron chi connectivity index (χ3n) is 4.44. The molecule has 2 heterocycles. The lowest BCUT2D eigenvalue weighted by Crippen LogP contribution is -2.24. The number of aromatic nitrogens is 2. The van der Waals surface area contributed by atoms with Gasteiger partial charge in [0.2, 0.25) is 5.91 Å². The molecule has 1 aromatic heterocycles. The number of nitrogens with zero attached hydrogens (tertiary/aromatic N) is 4. The normalized spacial score (nSPS) is 14.5. The van der Waals surface area contributed by atoms with Gasteiger partial charge in [0.05, 0.1) is 11.9 Å². The van der Waals surface area contributed by atoms with Gasteiger partial charge in [0.25, 0.3) is 5.91 Å². The third kappa shape index (κ3) is 3.45. The molecule has 2 amide bonds. The first kappa shape index (κ1) is 16.9.